The maximum Gasteiger partial charge on any atom is 0.328 e. The molecule has 0 radical (unpaired) electrons. The molecular formula is C82H126N22O33. The first kappa shape index (κ1) is 119. The Labute approximate surface area is 783 Å². The van der Waals surface area contributed by atoms with E-state index in [0.717, 1.165) is 20.8 Å². The minimum Gasteiger partial charge on any atom is -0.481 e. The highest BCUT2D eigenvalue weighted by atomic mass is 16.4. The monoisotopic (exact) mass is 1950 g/mol. The van der Waals surface area contributed by atoms with Crippen molar-refractivity contribution in [1.29, 1.82) is 5.41 Å². The summed E-state index contributed by atoms with van der Waals surface area (Å²) < 4.78 is 0. The molecule has 55 nitrogen and oxygen atoms in total. The third-order valence-corrected chi connectivity index (χ3v) is 20.4. The number of rotatable bonds is 64. The lowest BCUT2D eigenvalue weighted by Gasteiger charge is -2.29. The Kier molecular flexibility index (Phi) is 52.8. The Balaban J connectivity index is 2.32. The lowest BCUT2D eigenvalue weighted by molar-refractivity contribution is -0.145. The van der Waals surface area contributed by atoms with Crippen molar-refractivity contribution in [1.82, 2.24) is 95.7 Å². The average Bonchev–Trinajstić information content (AvgIpc) is 0.822. The molecule has 0 aliphatic heterocycles. The Bertz CT molecular complexity index is 4500. The zero-order chi connectivity index (χ0) is 104. The number of primary amides is 1. The van der Waals surface area contributed by atoms with Crippen LogP contribution in [-0.4, -0.2) is 353 Å². The van der Waals surface area contributed by atoms with Crippen molar-refractivity contribution in [3.63, 3.8) is 0 Å². The van der Waals surface area contributed by atoms with Crippen LogP contribution in [-0.2, 0) is 118 Å². The molecule has 0 fully saturated rings. The van der Waals surface area contributed by atoms with E-state index in [2.05, 4.69) is 85.1 Å². The molecule has 137 heavy (non-hydrogen) atoms. The number of guanidine groups is 1. The second-order valence-electron chi connectivity index (χ2n) is 32.0. The molecule has 0 bridgehead atoms. The molecule has 2 aromatic carbocycles. The molecule has 0 aromatic heterocycles. The number of aliphatic carboxylic acids is 4. The Morgan fingerprint density at radius 3 is 1.03 bits per heavy atom. The molecule has 0 aliphatic carbocycles. The van der Waals surface area contributed by atoms with Crippen molar-refractivity contribution in [3.05, 3.63) is 71.8 Å². The number of hydrogen-bond acceptors (Lipinski definition) is 31. The zero-order valence-electron chi connectivity index (χ0n) is 76.0. The van der Waals surface area contributed by atoms with Crippen LogP contribution in [0.5, 0.6) is 0 Å². The second kappa shape index (κ2) is 60.9. The maximum absolute atomic E-state index is 14.3. The quantitative estimate of drug-likeness (QED) is 0.0166. The van der Waals surface area contributed by atoms with Crippen molar-refractivity contribution in [2.45, 2.75) is 240 Å². The first-order chi connectivity index (χ1) is 64.3. The van der Waals surface area contributed by atoms with E-state index in [1.165, 1.54) is 20.8 Å². The number of amides is 18. The molecule has 36 N–H and O–H groups in total. The van der Waals surface area contributed by atoms with Gasteiger partial charge in [-0.05, 0) is 82.3 Å². The van der Waals surface area contributed by atoms with E-state index in [0.29, 0.717) is 11.1 Å². The van der Waals surface area contributed by atoms with Gasteiger partial charge in [0.05, 0.1) is 70.3 Å². The van der Waals surface area contributed by atoms with Gasteiger partial charge in [-0.15, -0.1) is 0 Å². The van der Waals surface area contributed by atoms with Gasteiger partial charge in [0.25, 0.3) is 0 Å². The van der Waals surface area contributed by atoms with Crippen molar-refractivity contribution < 1.29 is 162 Å². The number of hydrogen-bond donors (Lipinski definition) is 33. The highest BCUT2D eigenvalue weighted by molar-refractivity contribution is 6.02. The fraction of sp³-hybridized carbons (Fsp3) is 0.573. The molecule has 0 heterocycles. The largest absolute Gasteiger partial charge is 0.481 e. The molecular weight excluding hydrogens is 1820 g/mol. The number of nitrogens with one attached hydrogen (secondary N) is 19. The van der Waals surface area contributed by atoms with Gasteiger partial charge in [-0.3, -0.25) is 106 Å². The molecule has 55 heteroatoms. The van der Waals surface area contributed by atoms with Crippen LogP contribution in [0.15, 0.2) is 60.7 Å². The van der Waals surface area contributed by atoms with Crippen LogP contribution in [0, 0.1) is 17.2 Å². The van der Waals surface area contributed by atoms with Crippen molar-refractivity contribution in [3.8, 4) is 0 Å². The van der Waals surface area contributed by atoms with Crippen molar-refractivity contribution in [2.75, 3.05) is 46.1 Å². The van der Waals surface area contributed by atoms with Crippen LogP contribution in [0.4, 0.5) is 0 Å². The molecule has 2 aromatic rings. The van der Waals surface area contributed by atoms with Crippen LogP contribution >= 0.6 is 0 Å². The number of carbonyl (C=O) groups excluding carboxylic acids is 18. The summed E-state index contributed by atoms with van der Waals surface area (Å²) in [5.41, 5.74) is 17.9. The summed E-state index contributed by atoms with van der Waals surface area (Å²) in [7, 11) is 0. The number of aliphatic hydroxyl groups excluding tert-OH is 7. The van der Waals surface area contributed by atoms with Gasteiger partial charge in [-0.2, -0.15) is 0 Å². The number of nitrogens with two attached hydrogens (primary N) is 3. The van der Waals surface area contributed by atoms with Gasteiger partial charge in [-0.1, -0.05) is 94.8 Å². The summed E-state index contributed by atoms with van der Waals surface area (Å²) in [6.45, 7) is 1.83. The number of carboxylic acid groups (broad SMARTS) is 4. The fourth-order valence-corrected chi connectivity index (χ4v) is 12.5. The maximum atomic E-state index is 14.3. The minimum atomic E-state index is -2.16. The summed E-state index contributed by atoms with van der Waals surface area (Å²) in [5, 5.41) is 158. The van der Waals surface area contributed by atoms with Gasteiger partial charge < -0.3 is 169 Å². The highest BCUT2D eigenvalue weighted by Gasteiger charge is 2.41. The number of benzene rings is 2. The van der Waals surface area contributed by atoms with Crippen LogP contribution in [0.25, 0.3) is 0 Å². The first-order valence-corrected chi connectivity index (χ1v) is 43.0. The summed E-state index contributed by atoms with van der Waals surface area (Å²) in [5.74, 6) is -30.9. The summed E-state index contributed by atoms with van der Waals surface area (Å²) in [4.78, 5) is 293. The normalized spacial score (nSPS) is 15.4. The van der Waals surface area contributed by atoms with Gasteiger partial charge >= 0.3 is 23.9 Å². The van der Waals surface area contributed by atoms with Gasteiger partial charge in [0.2, 0.25) is 106 Å². The van der Waals surface area contributed by atoms with E-state index in [4.69, 9.17) is 22.6 Å². The van der Waals surface area contributed by atoms with Crippen LogP contribution < -0.4 is 113 Å². The summed E-state index contributed by atoms with van der Waals surface area (Å²) in [6.07, 6.45) is -12.1. The molecule has 762 valence electrons. The van der Waals surface area contributed by atoms with E-state index in [1.54, 1.807) is 67.6 Å². The van der Waals surface area contributed by atoms with Gasteiger partial charge in [0, 0.05) is 32.2 Å². The van der Waals surface area contributed by atoms with E-state index in [1.807, 2.05) is 10.6 Å². The highest BCUT2D eigenvalue weighted by Crippen LogP contribution is 2.15. The van der Waals surface area contributed by atoms with Gasteiger partial charge in [0.1, 0.15) is 84.6 Å². The molecule has 0 saturated carbocycles. The predicted octanol–water partition coefficient (Wildman–Crippen LogP) is -14.1. The molecule has 20 atom stereocenters. The molecule has 0 saturated heterocycles. The van der Waals surface area contributed by atoms with E-state index in [-0.39, 0.29) is 32.2 Å². The summed E-state index contributed by atoms with van der Waals surface area (Å²) in [6, 6.07) is -13.1. The van der Waals surface area contributed by atoms with Crippen molar-refractivity contribution >= 4 is 136 Å². The average molecular weight is 1950 g/mol. The molecule has 0 unspecified atom stereocenters. The Morgan fingerprint density at radius 1 is 0.336 bits per heavy atom. The number of carboxylic acids is 4. The second-order valence-corrected chi connectivity index (χ2v) is 32.0. The van der Waals surface area contributed by atoms with Gasteiger partial charge in [-0.25, -0.2) is 4.79 Å². The zero-order valence-corrected chi connectivity index (χ0v) is 76.0. The lowest BCUT2D eigenvalue weighted by atomic mass is 9.97. The molecule has 0 spiro atoms. The molecule has 2 rings (SSSR count). The molecule has 18 amide bonds. The van der Waals surface area contributed by atoms with Crippen LogP contribution in [0.2, 0.25) is 0 Å². The fourth-order valence-electron chi connectivity index (χ4n) is 12.5. The van der Waals surface area contributed by atoms with Gasteiger partial charge in [0.15, 0.2) is 12.0 Å². The lowest BCUT2D eigenvalue weighted by Crippen LogP contribution is -2.62. The Hall–Kier alpha value is -14.3. The van der Waals surface area contributed by atoms with Crippen molar-refractivity contribution in [2.24, 2.45) is 29.0 Å². The molecule has 0 aliphatic rings. The number of carbonyl (C=O) groups is 22. The third kappa shape index (κ3) is 43.7. The Morgan fingerprint density at radius 2 is 0.642 bits per heavy atom. The van der Waals surface area contributed by atoms with E-state index >= 15 is 0 Å². The number of aliphatic hydroxyl groups is 7. The third-order valence-electron chi connectivity index (χ3n) is 20.4. The van der Waals surface area contributed by atoms with E-state index < -0.39 is 354 Å². The van der Waals surface area contributed by atoms with E-state index in [9.17, 15) is 162 Å². The van der Waals surface area contributed by atoms with Crippen LogP contribution in [0.3, 0.4) is 0 Å². The smallest absolute Gasteiger partial charge is 0.328 e. The van der Waals surface area contributed by atoms with Crippen LogP contribution in [0.1, 0.15) is 124 Å². The predicted molar refractivity (Wildman–Crippen MR) is 472 cm³/mol. The first-order valence-electron chi connectivity index (χ1n) is 43.0. The minimum absolute atomic E-state index is 0.0688. The standard InChI is InChI=1S/C82H126N22O33/c1-8-38(4)62(78(133)95-49(29-43-18-13-10-14-19-43)72(127)103-64(40(6)110)80(135)96-50(30-55(84)112)73(128)104-65(41(7)111)81(136)137)100-57(114)32-89-68(123)51(33-105)97-69(124)46(21-24-58(115)116)92-74(129)52(34-106)90-56(113)31-88-67(122)45(20-15-27-87-82(85)86)91-75(130)53(35-107)98-70(125)47(22-25-59(117)118)94-79(134)63(39(5)109)102-71(126)48(23-26-60(119)120)93-76(131)54(36-108)99-77(132)61(37(2)3)101-66(121)44(83)28-42-16-11-9-12-17-42/h9-14,16-19,37-41,44-54,61-65,105-111H,8,15,20-36,83H2,1-7H3,(H2,84,112)(H,88,122)(H,89,123)(H,90,113)(H,91,130)(H,92,129)(H,93,131)(H,94,134)(H,95,133)(H,96,135)(H,97,124)(H,98,125)(H,99,132)(H,100,114)(H,101,121)(H,102,126)(H,103,127)(H,104,128)(H,115,116)(H,117,118)(H,119,120)(H,136,137)(H4,85,86,87)/t38-,39+,40+,41+,44-,45-,46-,47-,48-,49-,50-,51-,52-,53-,54-,61-,62-,63-,64-,65-/m0/s1. The topological polar surface area (TPSA) is 917 Å². The summed E-state index contributed by atoms with van der Waals surface area (Å²) >= 11 is 0. The SMILES string of the molecule is CC[C@H](C)[C@H](NC(=O)CNC(=O)[C@H](CO)NC(=O)[C@H](CCC(=O)O)NC(=O)[C@H](CO)NC(=O)CNC(=O)[C@H](CCCNC(=N)N)NC(=O)[C@H](CO)NC(=O)[C@H](CCC(=O)O)NC(=O)[C@@H](NC(=O)[C@H](CCC(=O)O)NC(=O)[C@H](CO)NC(=O)[C@@H](NC(=O)[C@@H](N)Cc1ccccc1)C(C)C)[C@@H](C)O)C(=O)N[C@@H](Cc1ccccc1)C(=O)N[C@H](C(=O)N[C@@H](CC(N)=O)C(=O)N[C@H](C(=O)O)[C@@H](C)O)[C@@H](C)O.